The Morgan fingerprint density at radius 3 is 2.52 bits per heavy atom. The molecule has 126 valence electrons. The van der Waals surface area contributed by atoms with Gasteiger partial charge in [-0.1, -0.05) is 25.1 Å². The van der Waals surface area contributed by atoms with Crippen molar-refractivity contribution in [2.75, 3.05) is 46.4 Å². The van der Waals surface area contributed by atoms with Gasteiger partial charge in [0.25, 0.3) is 0 Å². The monoisotopic (exact) mass is 317 g/mol. The van der Waals surface area contributed by atoms with Crippen LogP contribution in [0.15, 0.2) is 24.3 Å². The smallest absolute Gasteiger partial charge is 0.317 e. The lowest BCUT2D eigenvalue weighted by Crippen LogP contribution is -2.52. The molecule has 1 N–H and O–H groups in total. The summed E-state index contributed by atoms with van der Waals surface area (Å²) in [7, 11) is 1.71. The normalized spacial score (nSPS) is 20.2. The van der Waals surface area contributed by atoms with E-state index in [9.17, 15) is 4.79 Å². The number of hydrogen-bond acceptors (Lipinski definition) is 3. The van der Waals surface area contributed by atoms with Gasteiger partial charge in [-0.2, -0.15) is 0 Å². The van der Waals surface area contributed by atoms with Crippen LogP contribution >= 0.6 is 0 Å². The van der Waals surface area contributed by atoms with Crippen molar-refractivity contribution in [1.29, 1.82) is 0 Å². The van der Waals surface area contributed by atoms with Crippen LogP contribution in [0, 0.1) is 0 Å². The maximum Gasteiger partial charge on any atom is 0.317 e. The summed E-state index contributed by atoms with van der Waals surface area (Å²) in [4.78, 5) is 16.7. The number of amides is 2. The van der Waals surface area contributed by atoms with E-state index in [0.29, 0.717) is 6.54 Å². The molecule has 23 heavy (non-hydrogen) atoms. The van der Waals surface area contributed by atoms with Crippen molar-refractivity contribution in [3.05, 3.63) is 29.8 Å². The molecular weight excluding hydrogens is 290 g/mol. The molecule has 2 aliphatic rings. The summed E-state index contributed by atoms with van der Waals surface area (Å²) in [5.41, 5.74) is 1.28. The number of nitrogens with one attached hydrogen (secondary N) is 1. The number of urea groups is 1. The van der Waals surface area contributed by atoms with Crippen molar-refractivity contribution in [2.24, 2.45) is 0 Å². The van der Waals surface area contributed by atoms with E-state index in [1.807, 2.05) is 23.1 Å². The first-order valence-electron chi connectivity index (χ1n) is 8.57. The SMILES string of the molecule is CCN1CCN(C(=O)NCC2(c3ccccc3OC)CC2)CC1. The Hall–Kier alpha value is -1.75. The van der Waals surface area contributed by atoms with Crippen molar-refractivity contribution in [1.82, 2.24) is 15.1 Å². The molecule has 5 heteroatoms. The maximum absolute atomic E-state index is 12.4. The van der Waals surface area contributed by atoms with Crippen molar-refractivity contribution < 1.29 is 9.53 Å². The lowest BCUT2D eigenvalue weighted by atomic mass is 9.95. The number of para-hydroxylation sites is 1. The molecule has 0 spiro atoms. The van der Waals surface area contributed by atoms with Gasteiger partial charge in [0.1, 0.15) is 5.75 Å². The van der Waals surface area contributed by atoms with E-state index in [1.165, 1.54) is 5.56 Å². The van der Waals surface area contributed by atoms with Crippen LogP contribution in [0.2, 0.25) is 0 Å². The second-order valence-electron chi connectivity index (χ2n) is 6.56. The Balaban J connectivity index is 1.57. The quantitative estimate of drug-likeness (QED) is 0.904. The number of carbonyl (C=O) groups is 1. The van der Waals surface area contributed by atoms with E-state index >= 15 is 0 Å². The number of ether oxygens (including phenoxy) is 1. The lowest BCUT2D eigenvalue weighted by molar-refractivity contribution is 0.142. The summed E-state index contributed by atoms with van der Waals surface area (Å²) in [5.74, 6) is 0.927. The van der Waals surface area contributed by atoms with Gasteiger partial charge in [-0.15, -0.1) is 0 Å². The molecule has 1 saturated heterocycles. The van der Waals surface area contributed by atoms with E-state index < -0.39 is 0 Å². The fourth-order valence-electron chi connectivity index (χ4n) is 3.40. The number of methoxy groups -OCH3 is 1. The molecule has 1 aliphatic carbocycles. The van der Waals surface area contributed by atoms with E-state index in [4.69, 9.17) is 4.74 Å². The highest BCUT2D eigenvalue weighted by atomic mass is 16.5. The van der Waals surface area contributed by atoms with Gasteiger partial charge >= 0.3 is 6.03 Å². The number of piperazine rings is 1. The van der Waals surface area contributed by atoms with Gasteiger partial charge in [0.2, 0.25) is 0 Å². The molecule has 0 aromatic heterocycles. The standard InChI is InChI=1S/C18H27N3O2/c1-3-20-10-12-21(13-11-20)17(22)19-14-18(8-9-18)15-6-4-5-7-16(15)23-2/h4-7H,3,8-14H2,1-2H3,(H,19,22). The van der Waals surface area contributed by atoms with Gasteiger partial charge in [-0.25, -0.2) is 4.79 Å². The zero-order chi connectivity index (χ0) is 16.3. The minimum Gasteiger partial charge on any atom is -0.496 e. The molecule has 0 unspecified atom stereocenters. The molecule has 2 fully saturated rings. The average molecular weight is 317 g/mol. The summed E-state index contributed by atoms with van der Waals surface area (Å²) in [6.07, 6.45) is 2.22. The molecular formula is C18H27N3O2. The molecule has 2 amide bonds. The lowest BCUT2D eigenvalue weighted by Gasteiger charge is -2.34. The van der Waals surface area contributed by atoms with Gasteiger partial charge < -0.3 is 19.9 Å². The minimum absolute atomic E-state index is 0.0630. The van der Waals surface area contributed by atoms with E-state index in [0.717, 1.165) is 51.3 Å². The molecule has 0 radical (unpaired) electrons. The largest absolute Gasteiger partial charge is 0.496 e. The summed E-state index contributed by atoms with van der Waals surface area (Å²) in [5, 5.41) is 3.15. The molecule has 5 nitrogen and oxygen atoms in total. The third-order valence-electron chi connectivity index (χ3n) is 5.22. The highest BCUT2D eigenvalue weighted by molar-refractivity contribution is 5.74. The third kappa shape index (κ3) is 3.44. The van der Waals surface area contributed by atoms with E-state index in [2.05, 4.69) is 23.2 Å². The zero-order valence-corrected chi connectivity index (χ0v) is 14.2. The number of carbonyl (C=O) groups excluding carboxylic acids is 1. The van der Waals surface area contributed by atoms with E-state index in [1.54, 1.807) is 7.11 Å². The Kier molecular flexibility index (Phi) is 4.76. The Morgan fingerprint density at radius 1 is 1.22 bits per heavy atom. The van der Waals surface area contributed by atoms with Gasteiger partial charge in [-0.05, 0) is 25.5 Å². The van der Waals surface area contributed by atoms with Crippen LogP contribution in [0.25, 0.3) is 0 Å². The van der Waals surface area contributed by atoms with Crippen LogP contribution in [-0.2, 0) is 5.41 Å². The Bertz CT molecular complexity index is 549. The van der Waals surface area contributed by atoms with Crippen molar-refractivity contribution >= 4 is 6.03 Å². The van der Waals surface area contributed by atoms with Crippen LogP contribution < -0.4 is 10.1 Å². The highest BCUT2D eigenvalue weighted by Gasteiger charge is 2.46. The van der Waals surface area contributed by atoms with Crippen LogP contribution in [0.4, 0.5) is 4.79 Å². The molecule has 1 aliphatic heterocycles. The molecule has 1 aromatic rings. The van der Waals surface area contributed by atoms with E-state index in [-0.39, 0.29) is 11.4 Å². The summed E-state index contributed by atoms with van der Waals surface area (Å²) >= 11 is 0. The van der Waals surface area contributed by atoms with Crippen LogP contribution in [0.3, 0.4) is 0 Å². The van der Waals surface area contributed by atoms with Crippen LogP contribution in [0.5, 0.6) is 5.75 Å². The van der Waals surface area contributed by atoms with Crippen molar-refractivity contribution in [3.63, 3.8) is 0 Å². The first-order chi connectivity index (χ1) is 11.2. The maximum atomic E-state index is 12.4. The molecule has 0 atom stereocenters. The first-order valence-corrected chi connectivity index (χ1v) is 8.57. The minimum atomic E-state index is 0.0630. The van der Waals surface area contributed by atoms with Crippen molar-refractivity contribution in [2.45, 2.75) is 25.2 Å². The summed E-state index contributed by atoms with van der Waals surface area (Å²) < 4.78 is 5.49. The number of benzene rings is 1. The fourth-order valence-corrected chi connectivity index (χ4v) is 3.40. The molecule has 1 heterocycles. The van der Waals surface area contributed by atoms with Gasteiger partial charge in [0.15, 0.2) is 0 Å². The number of rotatable bonds is 5. The van der Waals surface area contributed by atoms with Gasteiger partial charge in [-0.3, -0.25) is 0 Å². The van der Waals surface area contributed by atoms with Gasteiger partial charge in [0.05, 0.1) is 7.11 Å². The van der Waals surface area contributed by atoms with Crippen LogP contribution in [-0.4, -0.2) is 62.2 Å². The second-order valence-corrected chi connectivity index (χ2v) is 6.56. The average Bonchev–Trinajstić information content (AvgIpc) is 3.41. The molecule has 1 aromatic carbocycles. The number of likely N-dealkylation sites (N-methyl/N-ethyl adjacent to an activating group) is 1. The Morgan fingerprint density at radius 2 is 1.91 bits per heavy atom. The molecule has 0 bridgehead atoms. The predicted molar refractivity (Wildman–Crippen MR) is 91.0 cm³/mol. The van der Waals surface area contributed by atoms with Gasteiger partial charge in [0, 0.05) is 43.7 Å². The van der Waals surface area contributed by atoms with Crippen molar-refractivity contribution in [3.8, 4) is 5.75 Å². The second kappa shape index (κ2) is 6.79. The summed E-state index contributed by atoms with van der Waals surface area (Å²) in [6.45, 7) is 7.51. The number of nitrogens with zero attached hydrogens (tertiary/aromatic N) is 2. The predicted octanol–water partition coefficient (Wildman–Crippen LogP) is 2.07. The third-order valence-corrected chi connectivity index (χ3v) is 5.22. The topological polar surface area (TPSA) is 44.8 Å². The first kappa shape index (κ1) is 16.1. The molecule has 3 rings (SSSR count). The fraction of sp³-hybridized carbons (Fsp3) is 0.611. The summed E-state index contributed by atoms with van der Waals surface area (Å²) in [6, 6.07) is 8.23. The molecule has 1 saturated carbocycles. The van der Waals surface area contributed by atoms with Crippen LogP contribution in [0.1, 0.15) is 25.3 Å². The highest BCUT2D eigenvalue weighted by Crippen LogP contribution is 2.50. The Labute approximate surface area is 138 Å². The number of hydrogen-bond donors (Lipinski definition) is 1. The zero-order valence-electron chi connectivity index (χ0n) is 14.2.